The third-order valence-electron chi connectivity index (χ3n) is 2.51. The number of hydrogen-bond donors (Lipinski definition) is 0. The molecule has 0 aliphatic carbocycles. The third kappa shape index (κ3) is 7.22. The second-order valence-electron chi connectivity index (χ2n) is 3.97. The highest BCUT2D eigenvalue weighted by molar-refractivity contribution is 5.15. The molecule has 0 nitrogen and oxygen atoms in total. The monoisotopic (exact) mass is 222 g/mol. The average molecular weight is 222 g/mol. The highest BCUT2D eigenvalue weighted by Crippen LogP contribution is 2.16. The summed E-state index contributed by atoms with van der Waals surface area (Å²) in [5.74, 6) is 0.254. The SMILES string of the molecule is C/C=C\C=C(/C)C(C)C/C=C(F)\C=C/CC. The maximum atomic E-state index is 13.2. The molecule has 90 valence electrons. The Morgan fingerprint density at radius 3 is 2.62 bits per heavy atom. The molecule has 0 bridgehead atoms. The van der Waals surface area contributed by atoms with Gasteiger partial charge in [0.1, 0.15) is 5.83 Å². The smallest absolute Gasteiger partial charge is 0.118 e. The molecule has 0 aliphatic heterocycles. The minimum atomic E-state index is -0.132. The standard InChI is InChI=1S/C15H23F/c1-5-7-9-13(3)14(4)11-12-15(16)10-8-6-2/h5,7-10,12,14H,6,11H2,1-4H3/b7-5-,10-8-,13-9+,15-12+. The fourth-order valence-electron chi connectivity index (χ4n) is 1.19. The van der Waals surface area contributed by atoms with Crippen molar-refractivity contribution >= 4 is 0 Å². The quantitative estimate of drug-likeness (QED) is 0.531. The molecule has 1 unspecified atom stereocenters. The molecule has 0 radical (unpaired) electrons. The molecule has 1 heteroatoms. The van der Waals surface area contributed by atoms with E-state index in [9.17, 15) is 4.39 Å². The van der Waals surface area contributed by atoms with Crippen molar-refractivity contribution in [3.63, 3.8) is 0 Å². The summed E-state index contributed by atoms with van der Waals surface area (Å²) >= 11 is 0. The molecule has 16 heavy (non-hydrogen) atoms. The van der Waals surface area contributed by atoms with Crippen molar-refractivity contribution in [1.29, 1.82) is 0 Å². The summed E-state index contributed by atoms with van der Waals surface area (Å²) in [5, 5.41) is 0. The summed E-state index contributed by atoms with van der Waals surface area (Å²) in [7, 11) is 0. The van der Waals surface area contributed by atoms with Crippen molar-refractivity contribution in [2.45, 2.75) is 40.5 Å². The van der Waals surface area contributed by atoms with Gasteiger partial charge in [-0.3, -0.25) is 0 Å². The minimum absolute atomic E-state index is 0.132. The number of rotatable bonds is 6. The average Bonchev–Trinajstić information content (AvgIpc) is 2.30. The van der Waals surface area contributed by atoms with Gasteiger partial charge in [0.25, 0.3) is 0 Å². The molecule has 0 spiro atoms. The highest BCUT2D eigenvalue weighted by Gasteiger charge is 2.01. The molecule has 0 aliphatic rings. The van der Waals surface area contributed by atoms with E-state index < -0.39 is 0 Å². The van der Waals surface area contributed by atoms with E-state index in [-0.39, 0.29) is 5.83 Å². The van der Waals surface area contributed by atoms with Gasteiger partial charge in [0, 0.05) is 0 Å². The zero-order valence-electron chi connectivity index (χ0n) is 10.8. The third-order valence-corrected chi connectivity index (χ3v) is 2.51. The molecular formula is C15H23F. The van der Waals surface area contributed by atoms with Crippen LogP contribution in [0.2, 0.25) is 0 Å². The maximum Gasteiger partial charge on any atom is 0.118 e. The molecule has 0 aromatic rings. The maximum absolute atomic E-state index is 13.2. The Morgan fingerprint density at radius 2 is 2.06 bits per heavy atom. The summed E-state index contributed by atoms with van der Waals surface area (Å²) in [6.45, 7) is 8.18. The van der Waals surface area contributed by atoms with Crippen LogP contribution in [0.1, 0.15) is 40.5 Å². The highest BCUT2D eigenvalue weighted by atomic mass is 19.1. The topological polar surface area (TPSA) is 0 Å². The Balaban J connectivity index is 4.24. The molecule has 0 amide bonds. The van der Waals surface area contributed by atoms with Gasteiger partial charge in [-0.2, -0.15) is 0 Å². The predicted molar refractivity (Wildman–Crippen MR) is 71.0 cm³/mol. The Bertz CT molecular complexity index is 293. The first kappa shape index (κ1) is 14.9. The zero-order chi connectivity index (χ0) is 12.4. The van der Waals surface area contributed by atoms with E-state index in [1.54, 1.807) is 6.08 Å². The summed E-state index contributed by atoms with van der Waals surface area (Å²) in [6, 6.07) is 0. The number of allylic oxidation sites excluding steroid dienone is 8. The first-order valence-corrected chi connectivity index (χ1v) is 5.93. The fraction of sp³-hybridized carbons (Fsp3) is 0.467. The van der Waals surface area contributed by atoms with Crippen LogP contribution in [0.5, 0.6) is 0 Å². The van der Waals surface area contributed by atoms with E-state index in [0.717, 1.165) is 12.8 Å². The van der Waals surface area contributed by atoms with Crippen LogP contribution in [-0.2, 0) is 0 Å². The normalized spacial score (nSPS) is 16.3. The van der Waals surface area contributed by atoms with E-state index in [2.05, 4.69) is 19.9 Å². The van der Waals surface area contributed by atoms with E-state index in [0.29, 0.717) is 5.92 Å². The molecule has 0 saturated carbocycles. The lowest BCUT2D eigenvalue weighted by molar-refractivity contribution is 0.634. The van der Waals surface area contributed by atoms with Gasteiger partial charge in [0.15, 0.2) is 0 Å². The summed E-state index contributed by atoms with van der Waals surface area (Å²) in [4.78, 5) is 0. The Morgan fingerprint density at radius 1 is 1.38 bits per heavy atom. The van der Waals surface area contributed by atoms with Crippen LogP contribution >= 0.6 is 0 Å². The van der Waals surface area contributed by atoms with Gasteiger partial charge in [0.2, 0.25) is 0 Å². The Labute approximate surface area is 99.3 Å². The molecular weight excluding hydrogens is 199 g/mol. The summed E-state index contributed by atoms with van der Waals surface area (Å²) in [6.07, 6.45) is 12.7. The van der Waals surface area contributed by atoms with Crippen molar-refractivity contribution in [1.82, 2.24) is 0 Å². The molecule has 0 N–H and O–H groups in total. The van der Waals surface area contributed by atoms with Crippen LogP contribution in [0.25, 0.3) is 0 Å². The molecule has 0 saturated heterocycles. The van der Waals surface area contributed by atoms with E-state index in [4.69, 9.17) is 0 Å². The van der Waals surface area contributed by atoms with Gasteiger partial charge in [-0.25, -0.2) is 4.39 Å². The van der Waals surface area contributed by atoms with Gasteiger partial charge in [0.05, 0.1) is 0 Å². The van der Waals surface area contributed by atoms with Crippen molar-refractivity contribution in [2.75, 3.05) is 0 Å². The largest absolute Gasteiger partial charge is 0.207 e. The second kappa shape index (κ2) is 9.14. The predicted octanol–water partition coefficient (Wildman–Crippen LogP) is 5.35. The Hall–Kier alpha value is -1.11. The first-order valence-electron chi connectivity index (χ1n) is 5.93. The van der Waals surface area contributed by atoms with E-state index >= 15 is 0 Å². The lowest BCUT2D eigenvalue weighted by Gasteiger charge is -2.08. The van der Waals surface area contributed by atoms with E-state index in [1.165, 1.54) is 11.6 Å². The van der Waals surface area contributed by atoms with Crippen LogP contribution in [0, 0.1) is 5.92 Å². The van der Waals surface area contributed by atoms with Crippen molar-refractivity contribution < 1.29 is 4.39 Å². The lowest BCUT2D eigenvalue weighted by Crippen LogP contribution is -1.94. The Kier molecular flexibility index (Phi) is 8.51. The van der Waals surface area contributed by atoms with E-state index in [1.807, 2.05) is 32.1 Å². The number of hydrogen-bond acceptors (Lipinski definition) is 0. The minimum Gasteiger partial charge on any atom is -0.207 e. The van der Waals surface area contributed by atoms with Crippen molar-refractivity contribution in [3.05, 3.63) is 47.9 Å². The molecule has 0 aromatic carbocycles. The summed E-state index contributed by atoms with van der Waals surface area (Å²) in [5.41, 5.74) is 1.28. The van der Waals surface area contributed by atoms with Crippen LogP contribution in [-0.4, -0.2) is 0 Å². The first-order chi connectivity index (χ1) is 7.61. The van der Waals surface area contributed by atoms with Gasteiger partial charge >= 0.3 is 0 Å². The molecule has 1 atom stereocenters. The van der Waals surface area contributed by atoms with Gasteiger partial charge < -0.3 is 0 Å². The molecule has 0 fully saturated rings. The second-order valence-corrected chi connectivity index (χ2v) is 3.97. The van der Waals surface area contributed by atoms with Gasteiger partial charge in [-0.1, -0.05) is 43.7 Å². The summed E-state index contributed by atoms with van der Waals surface area (Å²) < 4.78 is 13.2. The fourth-order valence-corrected chi connectivity index (χ4v) is 1.19. The number of halogens is 1. The van der Waals surface area contributed by atoms with Crippen molar-refractivity contribution in [2.24, 2.45) is 5.92 Å². The van der Waals surface area contributed by atoms with Gasteiger partial charge in [-0.05, 0) is 44.8 Å². The van der Waals surface area contributed by atoms with Crippen LogP contribution < -0.4 is 0 Å². The van der Waals surface area contributed by atoms with Crippen LogP contribution in [0.4, 0.5) is 4.39 Å². The van der Waals surface area contributed by atoms with Crippen molar-refractivity contribution in [3.8, 4) is 0 Å². The van der Waals surface area contributed by atoms with Crippen LogP contribution in [0.3, 0.4) is 0 Å². The molecule has 0 rings (SSSR count). The zero-order valence-corrected chi connectivity index (χ0v) is 10.8. The van der Waals surface area contributed by atoms with Crippen LogP contribution in [0.15, 0.2) is 47.9 Å². The lowest BCUT2D eigenvalue weighted by atomic mass is 9.98. The molecule has 0 aromatic heterocycles. The molecule has 0 heterocycles. The van der Waals surface area contributed by atoms with Gasteiger partial charge in [-0.15, -0.1) is 0 Å².